The first-order valence-electron chi connectivity index (χ1n) is 13.7. The number of carbonyl (C=O) groups is 2. The quantitative estimate of drug-likeness (QED) is 0.712. The van der Waals surface area contributed by atoms with Crippen LogP contribution in [0.2, 0.25) is 0 Å². The molecule has 1 atom stereocenters. The molecule has 0 radical (unpaired) electrons. The SMILES string of the molecule is O=C(NCC(c1ccco1)N1CCCCC1)N1CCN(C(=O)C23CC4CC(CC(C4)C2)C3)CC1. The molecule has 7 heteroatoms. The van der Waals surface area contributed by atoms with Gasteiger partial charge in [-0.15, -0.1) is 0 Å². The van der Waals surface area contributed by atoms with Crippen molar-refractivity contribution < 1.29 is 14.0 Å². The smallest absolute Gasteiger partial charge is 0.317 e. The minimum absolute atomic E-state index is 0.0181. The Morgan fingerprint density at radius 3 is 2.12 bits per heavy atom. The van der Waals surface area contributed by atoms with Crippen molar-refractivity contribution in [2.24, 2.45) is 23.2 Å². The summed E-state index contributed by atoms with van der Waals surface area (Å²) in [5.41, 5.74) is -0.0795. The van der Waals surface area contributed by atoms with Gasteiger partial charge in [-0.3, -0.25) is 9.69 Å². The Bertz CT molecular complexity index is 835. The average Bonchev–Trinajstić information content (AvgIpc) is 3.38. The minimum Gasteiger partial charge on any atom is -0.468 e. The van der Waals surface area contributed by atoms with Crippen molar-refractivity contribution >= 4 is 11.9 Å². The number of piperidine rings is 1. The number of furan rings is 1. The molecule has 1 aromatic rings. The molecular formula is C27H40N4O3. The van der Waals surface area contributed by atoms with Gasteiger partial charge in [0.15, 0.2) is 0 Å². The zero-order chi connectivity index (χ0) is 23.1. The lowest BCUT2D eigenvalue weighted by molar-refractivity contribution is -0.159. The van der Waals surface area contributed by atoms with E-state index in [0.29, 0.717) is 38.6 Å². The molecule has 7 nitrogen and oxygen atoms in total. The number of hydrogen-bond donors (Lipinski definition) is 1. The molecule has 6 fully saturated rings. The highest BCUT2D eigenvalue weighted by Gasteiger charge is 2.55. The van der Waals surface area contributed by atoms with Crippen molar-refractivity contribution in [2.75, 3.05) is 45.8 Å². The van der Waals surface area contributed by atoms with Gasteiger partial charge >= 0.3 is 6.03 Å². The lowest BCUT2D eigenvalue weighted by Gasteiger charge is -2.57. The van der Waals surface area contributed by atoms with Crippen molar-refractivity contribution in [3.05, 3.63) is 24.2 Å². The van der Waals surface area contributed by atoms with Crippen LogP contribution in [0.4, 0.5) is 4.79 Å². The molecule has 0 aromatic carbocycles. The van der Waals surface area contributed by atoms with Gasteiger partial charge in [-0.25, -0.2) is 4.79 Å². The molecule has 7 rings (SSSR count). The van der Waals surface area contributed by atoms with Gasteiger partial charge in [0.1, 0.15) is 5.76 Å². The van der Waals surface area contributed by atoms with E-state index in [1.807, 2.05) is 17.0 Å². The van der Waals surface area contributed by atoms with Crippen LogP contribution in [-0.2, 0) is 4.79 Å². The maximum absolute atomic E-state index is 13.6. The molecule has 1 unspecified atom stereocenters. The fourth-order valence-corrected chi connectivity index (χ4v) is 8.24. The Hall–Kier alpha value is -2.02. The third kappa shape index (κ3) is 4.25. The predicted molar refractivity (Wildman–Crippen MR) is 129 cm³/mol. The highest BCUT2D eigenvalue weighted by Crippen LogP contribution is 2.60. The van der Waals surface area contributed by atoms with Gasteiger partial charge in [0.05, 0.1) is 17.7 Å². The Morgan fingerprint density at radius 1 is 0.912 bits per heavy atom. The highest BCUT2D eigenvalue weighted by atomic mass is 16.3. The van der Waals surface area contributed by atoms with Gasteiger partial charge in [0, 0.05) is 32.7 Å². The zero-order valence-electron chi connectivity index (χ0n) is 20.4. The van der Waals surface area contributed by atoms with Crippen LogP contribution in [0.25, 0.3) is 0 Å². The number of likely N-dealkylation sites (tertiary alicyclic amines) is 1. The van der Waals surface area contributed by atoms with E-state index in [1.165, 1.54) is 38.5 Å². The summed E-state index contributed by atoms with van der Waals surface area (Å²) in [4.78, 5) is 33.1. The summed E-state index contributed by atoms with van der Waals surface area (Å²) in [6, 6.07) is 4.00. The molecule has 4 bridgehead atoms. The van der Waals surface area contributed by atoms with Crippen molar-refractivity contribution in [3.8, 4) is 0 Å². The average molecular weight is 469 g/mol. The van der Waals surface area contributed by atoms with Crippen molar-refractivity contribution in [1.29, 1.82) is 0 Å². The summed E-state index contributed by atoms with van der Waals surface area (Å²) < 4.78 is 5.72. The number of carbonyl (C=O) groups excluding carboxylic acids is 2. The topological polar surface area (TPSA) is 69.0 Å². The van der Waals surface area contributed by atoms with E-state index in [2.05, 4.69) is 15.1 Å². The van der Waals surface area contributed by atoms with Gasteiger partial charge in [0.2, 0.25) is 5.91 Å². The third-order valence-corrected chi connectivity index (χ3v) is 9.50. The van der Waals surface area contributed by atoms with E-state index in [9.17, 15) is 9.59 Å². The molecule has 1 aromatic heterocycles. The predicted octanol–water partition coefficient (Wildman–Crippen LogP) is 3.88. The monoisotopic (exact) mass is 468 g/mol. The molecule has 4 saturated carbocycles. The number of nitrogens with one attached hydrogen (secondary N) is 1. The van der Waals surface area contributed by atoms with Crippen LogP contribution in [0, 0.1) is 23.2 Å². The Morgan fingerprint density at radius 2 is 1.53 bits per heavy atom. The summed E-state index contributed by atoms with van der Waals surface area (Å²) in [7, 11) is 0. The molecule has 2 saturated heterocycles. The van der Waals surface area contributed by atoms with E-state index in [4.69, 9.17) is 4.42 Å². The third-order valence-electron chi connectivity index (χ3n) is 9.50. The lowest BCUT2D eigenvalue weighted by Crippen LogP contribution is -2.59. The normalized spacial score (nSPS) is 34.3. The maximum atomic E-state index is 13.6. The fourth-order valence-electron chi connectivity index (χ4n) is 8.24. The Balaban J connectivity index is 1.02. The molecule has 3 heterocycles. The Labute approximate surface area is 203 Å². The lowest BCUT2D eigenvalue weighted by atomic mass is 9.49. The van der Waals surface area contributed by atoms with Gasteiger partial charge in [0.25, 0.3) is 0 Å². The first kappa shape index (κ1) is 22.4. The molecule has 2 aliphatic heterocycles. The second kappa shape index (κ2) is 9.21. The number of nitrogens with zero attached hydrogens (tertiary/aromatic N) is 3. The van der Waals surface area contributed by atoms with Crippen LogP contribution in [-0.4, -0.2) is 72.5 Å². The first-order valence-corrected chi connectivity index (χ1v) is 13.7. The summed E-state index contributed by atoms with van der Waals surface area (Å²) in [5.74, 6) is 3.67. The molecule has 6 aliphatic rings. The Kier molecular flexibility index (Phi) is 6.08. The second-order valence-electron chi connectivity index (χ2n) is 11.8. The van der Waals surface area contributed by atoms with E-state index < -0.39 is 0 Å². The molecule has 4 aliphatic carbocycles. The van der Waals surface area contributed by atoms with E-state index in [1.54, 1.807) is 6.26 Å². The van der Waals surface area contributed by atoms with Crippen molar-refractivity contribution in [1.82, 2.24) is 20.0 Å². The molecule has 34 heavy (non-hydrogen) atoms. The first-order chi connectivity index (χ1) is 16.6. The van der Waals surface area contributed by atoms with Crippen LogP contribution in [0.3, 0.4) is 0 Å². The number of rotatable bonds is 5. The van der Waals surface area contributed by atoms with Crippen molar-refractivity contribution in [2.45, 2.75) is 63.8 Å². The van der Waals surface area contributed by atoms with Crippen LogP contribution in [0.15, 0.2) is 22.8 Å². The molecule has 186 valence electrons. The zero-order valence-corrected chi connectivity index (χ0v) is 20.4. The van der Waals surface area contributed by atoms with Gasteiger partial charge < -0.3 is 19.5 Å². The molecule has 0 spiro atoms. The number of piperazine rings is 1. The maximum Gasteiger partial charge on any atom is 0.317 e. The molecule has 3 amide bonds. The van der Waals surface area contributed by atoms with Gasteiger partial charge in [-0.05, 0) is 94.3 Å². The van der Waals surface area contributed by atoms with E-state index in [-0.39, 0.29) is 17.5 Å². The number of amides is 3. The van der Waals surface area contributed by atoms with E-state index >= 15 is 0 Å². The summed E-state index contributed by atoms with van der Waals surface area (Å²) in [6.07, 6.45) is 12.8. The number of hydrogen-bond acceptors (Lipinski definition) is 4. The fraction of sp³-hybridized carbons (Fsp3) is 0.778. The largest absolute Gasteiger partial charge is 0.468 e. The van der Waals surface area contributed by atoms with Crippen LogP contribution in [0.1, 0.15) is 69.6 Å². The second-order valence-corrected chi connectivity index (χ2v) is 11.8. The standard InChI is InChI=1S/C27H40N4O3/c32-25(27-16-20-13-21(17-27)15-22(14-20)18-27)30-8-10-31(11-9-30)26(33)28-19-23(24-5-4-12-34-24)29-6-2-1-3-7-29/h4-5,12,20-23H,1-3,6-11,13-19H2,(H,28,33). The van der Waals surface area contributed by atoms with Crippen LogP contribution < -0.4 is 5.32 Å². The van der Waals surface area contributed by atoms with Crippen molar-refractivity contribution in [3.63, 3.8) is 0 Å². The van der Waals surface area contributed by atoms with Gasteiger partial charge in [-0.2, -0.15) is 0 Å². The molecular weight excluding hydrogens is 428 g/mol. The molecule has 1 N–H and O–H groups in total. The number of urea groups is 1. The summed E-state index contributed by atoms with van der Waals surface area (Å²) in [5, 5.41) is 3.17. The van der Waals surface area contributed by atoms with E-state index in [0.717, 1.165) is 55.9 Å². The van der Waals surface area contributed by atoms with Gasteiger partial charge in [-0.1, -0.05) is 6.42 Å². The van der Waals surface area contributed by atoms with Crippen LogP contribution >= 0.6 is 0 Å². The highest BCUT2D eigenvalue weighted by molar-refractivity contribution is 5.84. The van der Waals surface area contributed by atoms with Crippen LogP contribution in [0.5, 0.6) is 0 Å². The summed E-state index contributed by atoms with van der Waals surface area (Å²) in [6.45, 7) is 5.24. The minimum atomic E-state index is -0.0795. The summed E-state index contributed by atoms with van der Waals surface area (Å²) >= 11 is 0.